The Balaban J connectivity index is 0.00000151. The second-order valence-corrected chi connectivity index (χ2v) is 7.72. The molecule has 0 aliphatic rings. The third-order valence-corrected chi connectivity index (χ3v) is 4.55. The Bertz CT molecular complexity index is 880. The van der Waals surface area contributed by atoms with Crippen molar-refractivity contribution in [1.82, 2.24) is 0 Å². The molecule has 7 heteroatoms. The SMILES string of the molecule is COc1ccc(N(c2cc(C)c(F)c(C)c2)C(C(=O)OC(C)C)C(C)C)cc1.O=C=O. The summed E-state index contributed by atoms with van der Waals surface area (Å²) in [7, 11) is 1.61. The van der Waals surface area contributed by atoms with Crippen molar-refractivity contribution >= 4 is 23.5 Å². The summed E-state index contributed by atoms with van der Waals surface area (Å²) >= 11 is 0. The van der Waals surface area contributed by atoms with E-state index < -0.39 is 6.04 Å². The Hall–Kier alpha value is -3.18. The monoisotopic (exact) mass is 431 g/mol. The van der Waals surface area contributed by atoms with Crippen molar-refractivity contribution in [3.63, 3.8) is 0 Å². The van der Waals surface area contributed by atoms with Crippen LogP contribution < -0.4 is 9.64 Å². The van der Waals surface area contributed by atoms with Crippen LogP contribution >= 0.6 is 0 Å². The molecule has 0 N–H and O–H groups in total. The molecule has 0 spiro atoms. The molecule has 6 nitrogen and oxygen atoms in total. The Morgan fingerprint density at radius 2 is 1.45 bits per heavy atom. The second kappa shape index (κ2) is 11.9. The third-order valence-electron chi connectivity index (χ3n) is 4.55. The van der Waals surface area contributed by atoms with Crippen LogP contribution in [0, 0.1) is 25.6 Å². The molecule has 168 valence electrons. The molecular formula is C24H30FNO5. The summed E-state index contributed by atoms with van der Waals surface area (Å²) < 4.78 is 25.0. The maximum absolute atomic E-state index is 14.2. The number of hydrogen-bond donors (Lipinski definition) is 0. The van der Waals surface area contributed by atoms with Gasteiger partial charge in [-0.15, -0.1) is 0 Å². The molecule has 0 aliphatic carbocycles. The standard InChI is InChI=1S/C23H30FNO3.CO2/c1-14(2)22(23(26)28-15(3)4)25(18-8-10-20(27-7)11-9-18)19-12-16(5)21(24)17(6)13-19;2-1-3/h8-15,22H,1-7H3;. The molecule has 0 heterocycles. The summed E-state index contributed by atoms with van der Waals surface area (Å²) in [4.78, 5) is 31.2. The molecule has 1 atom stereocenters. The summed E-state index contributed by atoms with van der Waals surface area (Å²) in [6.07, 6.45) is 0.0307. The van der Waals surface area contributed by atoms with Crippen LogP contribution in [0.4, 0.5) is 15.8 Å². The highest BCUT2D eigenvalue weighted by Crippen LogP contribution is 2.34. The van der Waals surface area contributed by atoms with Gasteiger partial charge in [0.25, 0.3) is 0 Å². The number of benzene rings is 2. The normalized spacial score (nSPS) is 11.3. The summed E-state index contributed by atoms with van der Waals surface area (Å²) in [5.74, 6) is 0.157. The van der Waals surface area contributed by atoms with Crippen LogP contribution in [0.25, 0.3) is 0 Å². The maximum atomic E-state index is 14.2. The van der Waals surface area contributed by atoms with Gasteiger partial charge in [-0.05, 0) is 81.1 Å². The predicted octanol–water partition coefficient (Wildman–Crippen LogP) is 4.98. The smallest absolute Gasteiger partial charge is 0.373 e. The van der Waals surface area contributed by atoms with Crippen LogP contribution in [-0.4, -0.2) is 31.4 Å². The van der Waals surface area contributed by atoms with Crippen LogP contribution in [0.2, 0.25) is 0 Å². The first-order chi connectivity index (χ1) is 14.6. The molecule has 0 saturated heterocycles. The van der Waals surface area contributed by atoms with Crippen molar-refractivity contribution in [1.29, 1.82) is 0 Å². The van der Waals surface area contributed by atoms with E-state index in [1.54, 1.807) is 33.1 Å². The van der Waals surface area contributed by atoms with Crippen molar-refractivity contribution < 1.29 is 28.2 Å². The van der Waals surface area contributed by atoms with E-state index in [1.807, 2.05) is 56.9 Å². The minimum Gasteiger partial charge on any atom is -0.497 e. The van der Waals surface area contributed by atoms with E-state index in [4.69, 9.17) is 19.1 Å². The number of anilines is 2. The van der Waals surface area contributed by atoms with Gasteiger partial charge in [0, 0.05) is 11.4 Å². The largest absolute Gasteiger partial charge is 0.497 e. The molecule has 2 aromatic rings. The van der Waals surface area contributed by atoms with Gasteiger partial charge in [0.05, 0.1) is 13.2 Å². The van der Waals surface area contributed by atoms with Crippen LogP contribution in [0.1, 0.15) is 38.8 Å². The number of carbonyl (C=O) groups excluding carboxylic acids is 3. The highest BCUT2D eigenvalue weighted by molar-refractivity contribution is 5.85. The third kappa shape index (κ3) is 6.93. The van der Waals surface area contributed by atoms with Gasteiger partial charge >= 0.3 is 12.1 Å². The molecule has 0 aromatic heterocycles. The fourth-order valence-electron chi connectivity index (χ4n) is 3.25. The number of nitrogens with zero attached hydrogens (tertiary/aromatic N) is 1. The van der Waals surface area contributed by atoms with Gasteiger partial charge in [-0.25, -0.2) is 9.18 Å². The average molecular weight is 432 g/mol. The number of aryl methyl sites for hydroxylation is 2. The zero-order chi connectivity index (χ0) is 23.7. The molecule has 2 aromatic carbocycles. The van der Waals surface area contributed by atoms with Gasteiger partial charge in [0.15, 0.2) is 0 Å². The number of halogens is 1. The summed E-state index contributed by atoms with van der Waals surface area (Å²) in [5, 5.41) is 0. The van der Waals surface area contributed by atoms with Gasteiger partial charge < -0.3 is 14.4 Å². The average Bonchev–Trinajstić information content (AvgIpc) is 2.69. The zero-order valence-corrected chi connectivity index (χ0v) is 19.1. The van der Waals surface area contributed by atoms with Crippen molar-refractivity contribution in [2.24, 2.45) is 5.92 Å². The van der Waals surface area contributed by atoms with Crippen LogP contribution in [0.5, 0.6) is 5.75 Å². The lowest BCUT2D eigenvalue weighted by Crippen LogP contribution is -2.44. The van der Waals surface area contributed by atoms with Crippen LogP contribution in [-0.2, 0) is 19.1 Å². The van der Waals surface area contributed by atoms with Crippen LogP contribution in [0.15, 0.2) is 36.4 Å². The number of ether oxygens (including phenoxy) is 2. The fourth-order valence-corrected chi connectivity index (χ4v) is 3.25. The summed E-state index contributed by atoms with van der Waals surface area (Å²) in [6, 6.07) is 10.5. The van der Waals surface area contributed by atoms with E-state index in [9.17, 15) is 9.18 Å². The van der Waals surface area contributed by atoms with Gasteiger partial charge in [0.2, 0.25) is 0 Å². The molecule has 0 amide bonds. The Morgan fingerprint density at radius 1 is 0.968 bits per heavy atom. The summed E-state index contributed by atoms with van der Waals surface area (Å²) in [6.45, 7) is 11.1. The van der Waals surface area contributed by atoms with Gasteiger partial charge in [-0.3, -0.25) is 0 Å². The van der Waals surface area contributed by atoms with Crippen molar-refractivity contribution in [3.05, 3.63) is 53.3 Å². The lowest BCUT2D eigenvalue weighted by atomic mass is 9.99. The quantitative estimate of drug-likeness (QED) is 0.576. The molecule has 1 unspecified atom stereocenters. The predicted molar refractivity (Wildman–Crippen MR) is 116 cm³/mol. The minimum atomic E-state index is -0.556. The first-order valence-corrected chi connectivity index (χ1v) is 9.97. The number of carbonyl (C=O) groups is 1. The molecule has 0 bridgehead atoms. The van der Waals surface area contributed by atoms with E-state index in [0.717, 1.165) is 17.1 Å². The number of esters is 1. The Labute approximate surface area is 183 Å². The first-order valence-electron chi connectivity index (χ1n) is 9.97. The molecule has 0 aliphatic heterocycles. The van der Waals surface area contributed by atoms with E-state index in [0.29, 0.717) is 11.1 Å². The van der Waals surface area contributed by atoms with Crippen LogP contribution in [0.3, 0.4) is 0 Å². The van der Waals surface area contributed by atoms with Gasteiger partial charge in [-0.2, -0.15) is 9.59 Å². The lowest BCUT2D eigenvalue weighted by Gasteiger charge is -2.35. The molecular weight excluding hydrogens is 401 g/mol. The molecule has 31 heavy (non-hydrogen) atoms. The zero-order valence-electron chi connectivity index (χ0n) is 19.1. The van der Waals surface area contributed by atoms with E-state index >= 15 is 0 Å². The van der Waals surface area contributed by atoms with E-state index in [2.05, 4.69) is 0 Å². The number of rotatable bonds is 7. The highest BCUT2D eigenvalue weighted by atomic mass is 19.1. The van der Waals surface area contributed by atoms with E-state index in [1.165, 1.54) is 0 Å². The van der Waals surface area contributed by atoms with E-state index in [-0.39, 0.29) is 30.0 Å². The van der Waals surface area contributed by atoms with Crippen molar-refractivity contribution in [2.75, 3.05) is 12.0 Å². The van der Waals surface area contributed by atoms with Crippen molar-refractivity contribution in [2.45, 2.75) is 53.7 Å². The minimum absolute atomic E-state index is 0.0287. The highest BCUT2D eigenvalue weighted by Gasteiger charge is 2.33. The molecule has 0 radical (unpaired) electrons. The topological polar surface area (TPSA) is 72.9 Å². The summed E-state index contributed by atoms with van der Waals surface area (Å²) in [5.41, 5.74) is 2.63. The van der Waals surface area contributed by atoms with Gasteiger partial charge in [-0.1, -0.05) is 13.8 Å². The number of hydrogen-bond acceptors (Lipinski definition) is 6. The van der Waals surface area contributed by atoms with Gasteiger partial charge in [0.1, 0.15) is 17.6 Å². The number of methoxy groups -OCH3 is 1. The molecule has 2 rings (SSSR count). The Kier molecular flexibility index (Phi) is 9.90. The Morgan fingerprint density at radius 3 is 1.84 bits per heavy atom. The lowest BCUT2D eigenvalue weighted by molar-refractivity contribution is -0.191. The molecule has 0 fully saturated rings. The first kappa shape index (κ1) is 25.9. The molecule has 0 saturated carbocycles. The maximum Gasteiger partial charge on any atom is 0.373 e. The second-order valence-electron chi connectivity index (χ2n) is 7.72. The van der Waals surface area contributed by atoms with Crippen molar-refractivity contribution in [3.8, 4) is 5.75 Å². The fraction of sp³-hybridized carbons (Fsp3) is 0.417.